The van der Waals surface area contributed by atoms with Gasteiger partial charge in [-0.3, -0.25) is 0 Å². The van der Waals surface area contributed by atoms with Crippen LogP contribution in [0.25, 0.3) is 0 Å². The van der Waals surface area contributed by atoms with Crippen LogP contribution in [0.4, 0.5) is 5.82 Å². The Morgan fingerprint density at radius 1 is 1.50 bits per heavy atom. The molecular weight excluding hydrogens is 259 g/mol. The molecular formula is C8H13BN4O4S. The summed E-state index contributed by atoms with van der Waals surface area (Å²) in [5.74, 6) is 0.165. The van der Waals surface area contributed by atoms with Gasteiger partial charge in [-0.05, 0) is 0 Å². The third-order valence-electron chi connectivity index (χ3n) is 2.82. The summed E-state index contributed by atoms with van der Waals surface area (Å²) in [5, 5.41) is 36.6. The average molecular weight is 272 g/mol. The second-order valence-electron chi connectivity index (χ2n) is 3.96. The van der Waals surface area contributed by atoms with E-state index in [1.165, 1.54) is 10.9 Å². The number of nitrogen functional groups attached to an aromatic ring is 1. The van der Waals surface area contributed by atoms with Crippen molar-refractivity contribution in [1.82, 2.24) is 15.0 Å². The van der Waals surface area contributed by atoms with Gasteiger partial charge in [-0.15, -0.1) is 5.10 Å². The predicted octanol–water partition coefficient (Wildman–Crippen LogP) is -2.34. The van der Waals surface area contributed by atoms with E-state index < -0.39 is 36.4 Å². The minimum atomic E-state index is -1.14. The van der Waals surface area contributed by atoms with Crippen molar-refractivity contribution in [2.75, 3.05) is 12.3 Å². The lowest BCUT2D eigenvalue weighted by molar-refractivity contribution is -0.178. The van der Waals surface area contributed by atoms with E-state index in [4.69, 9.17) is 22.7 Å². The van der Waals surface area contributed by atoms with E-state index in [0.29, 0.717) is 0 Å². The molecule has 1 aliphatic heterocycles. The molecule has 0 aliphatic carbocycles. The van der Waals surface area contributed by atoms with Crippen LogP contribution in [0.5, 0.6) is 0 Å². The molecule has 0 saturated carbocycles. The van der Waals surface area contributed by atoms with Gasteiger partial charge in [0.15, 0.2) is 12.9 Å². The van der Waals surface area contributed by atoms with Gasteiger partial charge in [-0.1, -0.05) is 5.21 Å². The first-order valence-corrected chi connectivity index (χ1v) is 6.18. The molecule has 2 unspecified atom stereocenters. The van der Waals surface area contributed by atoms with Gasteiger partial charge in [0, 0.05) is 0 Å². The molecule has 10 heteroatoms. The summed E-state index contributed by atoms with van der Waals surface area (Å²) in [4.78, 5) is 0. The van der Waals surface area contributed by atoms with E-state index >= 15 is 0 Å². The number of anilines is 1. The van der Waals surface area contributed by atoms with Gasteiger partial charge in [0.2, 0.25) is 0 Å². The van der Waals surface area contributed by atoms with Crippen LogP contribution < -0.4 is 5.73 Å². The minimum absolute atomic E-state index is 0.165. The fraction of sp³-hybridized carbons (Fsp3) is 0.750. The summed E-state index contributed by atoms with van der Waals surface area (Å²) in [5.41, 5.74) is 4.67. The van der Waals surface area contributed by atoms with Crippen molar-refractivity contribution in [2.24, 2.45) is 0 Å². The van der Waals surface area contributed by atoms with E-state index in [0.717, 1.165) is 11.6 Å². The second-order valence-corrected chi connectivity index (χ2v) is 4.69. The van der Waals surface area contributed by atoms with Crippen LogP contribution >= 0.6 is 11.6 Å². The predicted molar refractivity (Wildman–Crippen MR) is 64.6 cm³/mol. The zero-order valence-corrected chi connectivity index (χ0v) is 10.1. The van der Waals surface area contributed by atoms with Crippen molar-refractivity contribution in [1.29, 1.82) is 0 Å². The highest BCUT2D eigenvalue weighted by molar-refractivity contribution is 8.20. The monoisotopic (exact) mass is 272 g/mol. The zero-order chi connectivity index (χ0) is 13.3. The van der Waals surface area contributed by atoms with Gasteiger partial charge in [-0.2, -0.15) is 11.6 Å². The fourth-order valence-corrected chi connectivity index (χ4v) is 2.46. The first-order chi connectivity index (χ1) is 8.58. The van der Waals surface area contributed by atoms with Crippen molar-refractivity contribution in [3.05, 3.63) is 6.20 Å². The highest BCUT2D eigenvalue weighted by Crippen LogP contribution is 2.33. The maximum Gasteiger partial charge on any atom is 0.165 e. The molecule has 18 heavy (non-hydrogen) atoms. The molecule has 1 aromatic rings. The Hall–Kier alpha value is -0.805. The Kier molecular flexibility index (Phi) is 4.12. The third-order valence-corrected chi connectivity index (χ3v) is 3.47. The van der Waals surface area contributed by atoms with Crippen molar-refractivity contribution in [2.45, 2.75) is 29.8 Å². The molecule has 0 aromatic carbocycles. The number of nitrogens with zero attached hydrogens (tertiary/aromatic N) is 3. The van der Waals surface area contributed by atoms with Gasteiger partial charge in [-0.25, -0.2) is 4.68 Å². The Morgan fingerprint density at radius 3 is 2.72 bits per heavy atom. The molecule has 5 N–H and O–H groups in total. The SMILES string of the molecule is [B]S[C@H]1OC(CO)[C@H](O)[C@H](n2cc(N)nn2)C1O. The quantitative estimate of drug-likeness (QED) is 0.451. The highest BCUT2D eigenvalue weighted by Gasteiger charge is 2.45. The molecule has 1 aliphatic rings. The molecule has 0 amide bonds. The number of ether oxygens (including phenoxy) is 1. The minimum Gasteiger partial charge on any atom is -0.394 e. The third kappa shape index (κ3) is 2.34. The molecule has 2 radical (unpaired) electrons. The molecule has 8 nitrogen and oxygen atoms in total. The molecule has 2 rings (SSSR count). The molecule has 1 saturated heterocycles. The summed E-state index contributed by atoms with van der Waals surface area (Å²) in [7, 11) is 5.40. The molecule has 98 valence electrons. The lowest BCUT2D eigenvalue weighted by Gasteiger charge is -2.41. The van der Waals surface area contributed by atoms with Crippen LogP contribution in [0, 0.1) is 0 Å². The molecule has 1 fully saturated rings. The molecule has 0 spiro atoms. The summed E-state index contributed by atoms with van der Waals surface area (Å²) in [6.07, 6.45) is -1.71. The zero-order valence-electron chi connectivity index (χ0n) is 9.33. The fourth-order valence-electron chi connectivity index (χ4n) is 1.93. The average Bonchev–Trinajstić information content (AvgIpc) is 2.76. The summed E-state index contributed by atoms with van der Waals surface area (Å²) >= 11 is 0.793. The van der Waals surface area contributed by atoms with E-state index in [-0.39, 0.29) is 5.82 Å². The van der Waals surface area contributed by atoms with Crippen molar-refractivity contribution in [3.63, 3.8) is 0 Å². The van der Waals surface area contributed by atoms with Crippen LogP contribution in [-0.2, 0) is 4.74 Å². The van der Waals surface area contributed by atoms with Crippen LogP contribution in [0.15, 0.2) is 6.20 Å². The lowest BCUT2D eigenvalue weighted by Crippen LogP contribution is -2.55. The summed E-state index contributed by atoms with van der Waals surface area (Å²) in [6, 6.07) is -0.832. The molecule has 2 heterocycles. The van der Waals surface area contributed by atoms with E-state index in [1.807, 2.05) is 0 Å². The highest BCUT2D eigenvalue weighted by atomic mass is 32.2. The first-order valence-electron chi connectivity index (χ1n) is 5.23. The maximum absolute atomic E-state index is 10.1. The molecule has 1 aromatic heterocycles. The molecule has 5 atom stereocenters. The number of aromatic nitrogens is 3. The van der Waals surface area contributed by atoms with E-state index in [2.05, 4.69) is 10.3 Å². The van der Waals surface area contributed by atoms with Crippen molar-refractivity contribution < 1.29 is 20.1 Å². The Labute approximate surface area is 108 Å². The van der Waals surface area contributed by atoms with E-state index in [9.17, 15) is 10.2 Å². The maximum atomic E-state index is 10.1. The number of aliphatic hydroxyl groups excluding tert-OH is 3. The second kappa shape index (κ2) is 5.45. The summed E-state index contributed by atoms with van der Waals surface area (Å²) in [6.45, 7) is -0.397. The smallest absolute Gasteiger partial charge is 0.165 e. The van der Waals surface area contributed by atoms with Gasteiger partial charge in [0.05, 0.1) is 12.8 Å². The van der Waals surface area contributed by atoms with Crippen LogP contribution in [0.1, 0.15) is 6.04 Å². The Balaban J connectivity index is 2.29. The lowest BCUT2D eigenvalue weighted by atomic mass is 9.97. The molecule has 0 bridgehead atoms. The van der Waals surface area contributed by atoms with Gasteiger partial charge < -0.3 is 25.8 Å². The van der Waals surface area contributed by atoms with Gasteiger partial charge in [0.1, 0.15) is 29.8 Å². The van der Waals surface area contributed by atoms with E-state index in [1.54, 1.807) is 0 Å². The van der Waals surface area contributed by atoms with Crippen molar-refractivity contribution >= 4 is 24.6 Å². The Morgan fingerprint density at radius 2 is 2.22 bits per heavy atom. The largest absolute Gasteiger partial charge is 0.394 e. The summed E-state index contributed by atoms with van der Waals surface area (Å²) < 4.78 is 6.51. The van der Waals surface area contributed by atoms with Gasteiger partial charge in [0.25, 0.3) is 0 Å². The van der Waals surface area contributed by atoms with Crippen LogP contribution in [0.3, 0.4) is 0 Å². The topological polar surface area (TPSA) is 127 Å². The number of aliphatic hydroxyl groups is 3. The van der Waals surface area contributed by atoms with Crippen molar-refractivity contribution in [3.8, 4) is 0 Å². The van der Waals surface area contributed by atoms with Crippen LogP contribution in [0.2, 0.25) is 0 Å². The first kappa shape index (κ1) is 13.6. The normalized spacial score (nSPS) is 36.7. The Bertz CT molecular complexity index is 392. The standard InChI is InChI=1S/C8H13BN4O4S/c9-18-8-7(16)5(6(15)3(2-14)17-8)13-1-4(10)11-12-13/h1,3,5-8,14-16H,2,10H2/t3?,5-,6-,7?,8+/m0/s1. The number of nitrogens with two attached hydrogens (primary N) is 1. The number of rotatable bonds is 3. The van der Waals surface area contributed by atoms with Gasteiger partial charge >= 0.3 is 0 Å². The van der Waals surface area contributed by atoms with Crippen LogP contribution in [-0.4, -0.2) is 67.8 Å². The number of hydrogen-bond donors (Lipinski definition) is 4. The number of hydrogen-bond acceptors (Lipinski definition) is 8.